The highest BCUT2D eigenvalue weighted by Crippen LogP contribution is 2.34. The van der Waals surface area contributed by atoms with Gasteiger partial charge in [-0.05, 0) is 41.8 Å². The quantitative estimate of drug-likeness (QED) is 0.431. The number of amides is 1. The Hall–Kier alpha value is -2.80. The molecule has 1 saturated heterocycles. The molecule has 4 aromatic rings. The molecule has 0 radical (unpaired) electrons. The molecule has 1 fully saturated rings. The fourth-order valence-corrected chi connectivity index (χ4v) is 5.41. The second-order valence-electron chi connectivity index (χ2n) is 8.31. The van der Waals surface area contributed by atoms with Crippen LogP contribution in [-0.2, 0) is 4.74 Å². The van der Waals surface area contributed by atoms with Gasteiger partial charge >= 0.3 is 0 Å². The van der Waals surface area contributed by atoms with Crippen LogP contribution < -0.4 is 4.90 Å². The number of carbonyl (C=O) groups excluding carboxylic acids is 1. The number of fused-ring (bicyclic) bond motifs is 2. The minimum Gasteiger partial charge on any atom is -0.379 e. The van der Waals surface area contributed by atoms with Gasteiger partial charge in [0.1, 0.15) is 0 Å². The third-order valence-corrected chi connectivity index (χ3v) is 7.38. The second kappa shape index (κ2) is 8.98. The number of nitrogens with zero attached hydrogens (tertiary/aromatic N) is 3. The molecule has 1 amide bonds. The Balaban J connectivity index is 1.55. The van der Waals surface area contributed by atoms with Gasteiger partial charge in [0.15, 0.2) is 5.13 Å². The Morgan fingerprint density at radius 1 is 1.03 bits per heavy atom. The van der Waals surface area contributed by atoms with Gasteiger partial charge in [-0.15, -0.1) is 0 Å². The number of hydrogen-bond acceptors (Lipinski definition) is 5. The van der Waals surface area contributed by atoms with E-state index < -0.39 is 0 Å². The number of anilines is 1. The maximum absolute atomic E-state index is 13.9. The van der Waals surface area contributed by atoms with Crippen LogP contribution in [0, 0.1) is 13.8 Å². The Morgan fingerprint density at radius 2 is 1.78 bits per heavy atom. The summed E-state index contributed by atoms with van der Waals surface area (Å²) < 4.78 is 6.64. The first-order chi connectivity index (χ1) is 15.6. The number of aromatic nitrogens is 1. The number of carbonyl (C=O) groups is 1. The van der Waals surface area contributed by atoms with Gasteiger partial charge in [-0.3, -0.25) is 14.6 Å². The summed E-state index contributed by atoms with van der Waals surface area (Å²) in [4.78, 5) is 23.1. The van der Waals surface area contributed by atoms with Crippen molar-refractivity contribution in [2.45, 2.75) is 13.8 Å². The number of morpholine rings is 1. The molecule has 5 nitrogen and oxygen atoms in total. The monoisotopic (exact) mass is 445 g/mol. The molecular formula is C26H27N3O2S. The van der Waals surface area contributed by atoms with Gasteiger partial charge in [-0.1, -0.05) is 59.9 Å². The Bertz CT molecular complexity index is 1230. The molecule has 0 saturated carbocycles. The van der Waals surface area contributed by atoms with Gasteiger partial charge < -0.3 is 4.74 Å². The maximum atomic E-state index is 13.9. The van der Waals surface area contributed by atoms with Gasteiger partial charge in [-0.2, -0.15) is 0 Å². The molecule has 32 heavy (non-hydrogen) atoms. The molecule has 1 aromatic heterocycles. The lowest BCUT2D eigenvalue weighted by Gasteiger charge is -2.29. The summed E-state index contributed by atoms with van der Waals surface area (Å²) in [6, 6.07) is 18.2. The van der Waals surface area contributed by atoms with E-state index in [0.717, 1.165) is 70.1 Å². The van der Waals surface area contributed by atoms with Crippen molar-refractivity contribution in [1.82, 2.24) is 9.88 Å². The molecule has 0 spiro atoms. The van der Waals surface area contributed by atoms with Gasteiger partial charge in [0.05, 0.1) is 23.4 Å². The van der Waals surface area contributed by atoms with E-state index in [-0.39, 0.29) is 5.91 Å². The lowest BCUT2D eigenvalue weighted by atomic mass is 10.0. The van der Waals surface area contributed by atoms with E-state index >= 15 is 0 Å². The predicted molar refractivity (Wildman–Crippen MR) is 132 cm³/mol. The van der Waals surface area contributed by atoms with E-state index in [4.69, 9.17) is 9.72 Å². The van der Waals surface area contributed by atoms with E-state index in [1.807, 2.05) is 35.2 Å². The van der Waals surface area contributed by atoms with E-state index in [1.54, 1.807) is 11.3 Å². The molecule has 0 aliphatic carbocycles. The number of ether oxygens (including phenoxy) is 1. The van der Waals surface area contributed by atoms with Crippen LogP contribution in [-0.4, -0.2) is 55.2 Å². The first-order valence-electron chi connectivity index (χ1n) is 11.1. The van der Waals surface area contributed by atoms with Crippen LogP contribution in [0.3, 0.4) is 0 Å². The highest BCUT2D eigenvalue weighted by molar-refractivity contribution is 7.22. The summed E-state index contributed by atoms with van der Waals surface area (Å²) >= 11 is 1.61. The van der Waals surface area contributed by atoms with Crippen molar-refractivity contribution < 1.29 is 9.53 Å². The van der Waals surface area contributed by atoms with E-state index in [2.05, 4.69) is 43.0 Å². The zero-order valence-corrected chi connectivity index (χ0v) is 19.3. The van der Waals surface area contributed by atoms with E-state index in [9.17, 15) is 4.79 Å². The fraction of sp³-hybridized carbons (Fsp3) is 0.308. The average molecular weight is 446 g/mol. The summed E-state index contributed by atoms with van der Waals surface area (Å²) in [7, 11) is 0. The molecule has 0 unspecified atom stereocenters. The van der Waals surface area contributed by atoms with E-state index in [0.29, 0.717) is 6.54 Å². The van der Waals surface area contributed by atoms with Crippen LogP contribution in [0.25, 0.3) is 21.0 Å². The van der Waals surface area contributed by atoms with Crippen LogP contribution in [0.15, 0.2) is 54.6 Å². The maximum Gasteiger partial charge on any atom is 0.260 e. The molecule has 2 heterocycles. The minimum absolute atomic E-state index is 0.00409. The lowest BCUT2D eigenvalue weighted by molar-refractivity contribution is 0.0391. The van der Waals surface area contributed by atoms with Gasteiger partial charge in [0.2, 0.25) is 0 Å². The van der Waals surface area contributed by atoms with Crippen molar-refractivity contribution in [3.8, 4) is 0 Å². The molecule has 0 N–H and O–H groups in total. The molecule has 164 valence electrons. The lowest BCUT2D eigenvalue weighted by Crippen LogP contribution is -2.43. The molecule has 0 bridgehead atoms. The van der Waals surface area contributed by atoms with Crippen LogP contribution in [0.2, 0.25) is 0 Å². The van der Waals surface area contributed by atoms with Crippen molar-refractivity contribution in [2.24, 2.45) is 0 Å². The molecular weight excluding hydrogens is 418 g/mol. The SMILES string of the molecule is Cc1ccc(C)c2sc(N(CCN3CCOCC3)C(=O)c3cccc4ccccc34)nc12. The van der Waals surface area contributed by atoms with Crippen LogP contribution in [0.4, 0.5) is 5.13 Å². The summed E-state index contributed by atoms with van der Waals surface area (Å²) in [5.74, 6) is 0.00409. The third kappa shape index (κ3) is 4.01. The smallest absolute Gasteiger partial charge is 0.260 e. The molecule has 3 aromatic carbocycles. The molecule has 5 rings (SSSR count). The Kier molecular flexibility index (Phi) is 5.91. The zero-order valence-electron chi connectivity index (χ0n) is 18.5. The number of hydrogen-bond donors (Lipinski definition) is 0. The summed E-state index contributed by atoms with van der Waals surface area (Å²) in [6.45, 7) is 8.87. The van der Waals surface area contributed by atoms with Crippen LogP contribution in [0.5, 0.6) is 0 Å². The Morgan fingerprint density at radius 3 is 2.59 bits per heavy atom. The van der Waals surface area contributed by atoms with Crippen molar-refractivity contribution in [3.05, 3.63) is 71.3 Å². The summed E-state index contributed by atoms with van der Waals surface area (Å²) in [5, 5.41) is 2.82. The topological polar surface area (TPSA) is 45.7 Å². The number of aryl methyl sites for hydroxylation is 2. The number of rotatable bonds is 5. The van der Waals surface area contributed by atoms with Gasteiger partial charge in [0.25, 0.3) is 5.91 Å². The highest BCUT2D eigenvalue weighted by Gasteiger charge is 2.24. The fourth-order valence-electron chi connectivity index (χ4n) is 4.27. The minimum atomic E-state index is 0.00409. The second-order valence-corrected chi connectivity index (χ2v) is 9.29. The average Bonchev–Trinajstić information content (AvgIpc) is 3.28. The highest BCUT2D eigenvalue weighted by atomic mass is 32.1. The standard InChI is InChI=1S/C26H27N3O2S/c1-18-10-11-19(2)24-23(18)27-26(32-24)29(13-12-28-14-16-31-17-15-28)25(30)22-9-5-7-20-6-3-4-8-21(20)22/h3-11H,12-17H2,1-2H3. The van der Waals surface area contributed by atoms with Crippen molar-refractivity contribution in [3.63, 3.8) is 0 Å². The van der Waals surface area contributed by atoms with E-state index in [1.165, 1.54) is 5.56 Å². The normalized spacial score (nSPS) is 14.8. The predicted octanol–water partition coefficient (Wildman–Crippen LogP) is 5.05. The first-order valence-corrected chi connectivity index (χ1v) is 11.9. The van der Waals surface area contributed by atoms with Crippen LogP contribution in [0.1, 0.15) is 21.5 Å². The number of thiazole rings is 1. The summed E-state index contributed by atoms with van der Waals surface area (Å²) in [5.41, 5.74) is 4.05. The summed E-state index contributed by atoms with van der Waals surface area (Å²) in [6.07, 6.45) is 0. The molecule has 1 aliphatic rings. The molecule has 1 aliphatic heterocycles. The first kappa shape index (κ1) is 21.1. The van der Waals surface area contributed by atoms with Gasteiger partial charge in [0, 0.05) is 31.7 Å². The third-order valence-electron chi connectivity index (χ3n) is 6.17. The van der Waals surface area contributed by atoms with Crippen molar-refractivity contribution in [1.29, 1.82) is 0 Å². The zero-order chi connectivity index (χ0) is 22.1. The van der Waals surface area contributed by atoms with Gasteiger partial charge in [-0.25, -0.2) is 4.98 Å². The molecule has 0 atom stereocenters. The van der Waals surface area contributed by atoms with Crippen molar-refractivity contribution in [2.75, 3.05) is 44.3 Å². The largest absolute Gasteiger partial charge is 0.379 e. The molecule has 6 heteroatoms. The van der Waals surface area contributed by atoms with Crippen LogP contribution >= 0.6 is 11.3 Å². The number of benzene rings is 3. The Labute approximate surface area is 192 Å². The van der Waals surface area contributed by atoms with Crippen molar-refractivity contribution >= 4 is 43.4 Å².